The SMILES string of the molecule is CC(C)(C)c1cc(-c2c3nc(c(-c4cc(C(C)(C)C)cc(C(C)(C)C)c4)c4ccc([nH]4)c(-c4cc(C(C)(C)C)cc(C(C)(C)C)c4)c4nc(c(-c5cc(C(C)(C)C)cc(C(C)(C)C)c5)c5ccc2[nH]5)-c2nc(-c5ccc(C#C[Si](C)(C)C)cc5)c(-c5ccc(C#C[Si](C)(C)C)cc5)nc2-4)C=C3)cc(C(C)(C)C)c1. The molecule has 0 saturated carbocycles. The van der Waals surface area contributed by atoms with Crippen molar-refractivity contribution in [2.45, 2.75) is 249 Å². The van der Waals surface area contributed by atoms with Crippen LogP contribution in [0.4, 0.5) is 0 Å². The van der Waals surface area contributed by atoms with Crippen molar-refractivity contribution >= 4 is 50.4 Å². The Balaban J connectivity index is 1.39. The zero-order valence-corrected chi connectivity index (χ0v) is 72.8. The summed E-state index contributed by atoms with van der Waals surface area (Å²) < 4.78 is 0. The van der Waals surface area contributed by atoms with Crippen molar-refractivity contribution in [3.05, 3.63) is 213 Å². The second-order valence-corrected chi connectivity index (χ2v) is 50.6. The lowest BCUT2D eigenvalue weighted by atomic mass is 9.78. The molecule has 0 atom stereocenters. The second kappa shape index (κ2) is 27.4. The highest BCUT2D eigenvalue weighted by Crippen LogP contribution is 2.51. The van der Waals surface area contributed by atoms with E-state index in [9.17, 15) is 0 Å². The van der Waals surface area contributed by atoms with Gasteiger partial charge in [-0.3, -0.25) is 0 Å². The van der Waals surface area contributed by atoms with Crippen LogP contribution in [0.3, 0.4) is 0 Å². The summed E-state index contributed by atoms with van der Waals surface area (Å²) in [5.74, 6) is 7.10. The van der Waals surface area contributed by atoms with Crippen molar-refractivity contribution in [3.8, 4) is 113 Å². The largest absolute Gasteiger partial charge is 0.354 e. The molecule has 0 unspecified atom stereocenters. The van der Waals surface area contributed by atoms with Crippen molar-refractivity contribution in [1.82, 2.24) is 29.9 Å². The van der Waals surface area contributed by atoms with E-state index in [2.05, 4.69) is 396 Å². The van der Waals surface area contributed by atoms with E-state index >= 15 is 0 Å². The normalized spacial score (nSPS) is 13.3. The van der Waals surface area contributed by atoms with Crippen molar-refractivity contribution in [1.29, 1.82) is 0 Å². The van der Waals surface area contributed by atoms with Crippen molar-refractivity contribution < 1.29 is 0 Å². The number of benzene rings is 6. The summed E-state index contributed by atoms with van der Waals surface area (Å²) in [6, 6.07) is 55.5. The lowest BCUT2D eigenvalue weighted by molar-refractivity contribution is 0.568. The third-order valence-electron chi connectivity index (χ3n) is 20.9. The van der Waals surface area contributed by atoms with Gasteiger partial charge in [-0.05, 0) is 171 Å². The number of aromatic amines is 2. The van der Waals surface area contributed by atoms with Gasteiger partial charge in [-0.25, -0.2) is 19.9 Å². The molecule has 108 heavy (non-hydrogen) atoms. The molecular weight excluding hydrogens is 1340 g/mol. The number of rotatable bonds is 6. The van der Waals surface area contributed by atoms with Gasteiger partial charge in [0.25, 0.3) is 0 Å². The number of nitrogens with zero attached hydrogens (tertiary/aromatic N) is 4. The molecule has 0 amide bonds. The first kappa shape index (κ1) is 78.4. The molecule has 8 heteroatoms. The van der Waals surface area contributed by atoms with E-state index in [-0.39, 0.29) is 43.3 Å². The molecule has 6 heterocycles. The Kier molecular flexibility index (Phi) is 19.9. The monoisotopic (exact) mass is 1460 g/mol. The average Bonchev–Trinajstić information content (AvgIpc) is 1.57. The molecule has 2 aliphatic heterocycles. The molecule has 0 spiro atoms. The molecule has 4 aromatic heterocycles. The van der Waals surface area contributed by atoms with Gasteiger partial charge in [0.15, 0.2) is 0 Å². The summed E-state index contributed by atoms with van der Waals surface area (Å²) >= 11 is 0. The Bertz CT molecular complexity index is 5100. The molecule has 12 rings (SSSR count). The van der Waals surface area contributed by atoms with Crippen LogP contribution in [0, 0.1) is 22.9 Å². The van der Waals surface area contributed by atoms with Crippen LogP contribution >= 0.6 is 0 Å². The van der Waals surface area contributed by atoms with Crippen LogP contribution in [-0.4, -0.2) is 46.1 Å². The van der Waals surface area contributed by atoms with Crippen LogP contribution in [0.1, 0.15) is 233 Å². The quantitative estimate of drug-likeness (QED) is 0.128. The fourth-order valence-electron chi connectivity index (χ4n) is 14.0. The minimum atomic E-state index is -1.71. The van der Waals surface area contributed by atoms with Crippen LogP contribution in [0.15, 0.2) is 146 Å². The molecule has 0 radical (unpaired) electrons. The molecule has 6 aromatic carbocycles. The third-order valence-corrected chi connectivity index (χ3v) is 22.7. The number of H-pyrrole nitrogens is 2. The third kappa shape index (κ3) is 16.8. The zero-order valence-electron chi connectivity index (χ0n) is 70.8. The Morgan fingerprint density at radius 3 is 0.694 bits per heavy atom. The van der Waals surface area contributed by atoms with Gasteiger partial charge in [0, 0.05) is 66.6 Å². The highest BCUT2D eigenvalue weighted by atomic mass is 28.3. The van der Waals surface area contributed by atoms with Crippen LogP contribution in [0.2, 0.25) is 39.3 Å². The summed E-state index contributed by atoms with van der Waals surface area (Å²) in [6.45, 7) is 69.6. The predicted molar refractivity (Wildman–Crippen MR) is 473 cm³/mol. The smallest absolute Gasteiger partial charge is 0.129 e. The van der Waals surface area contributed by atoms with Crippen LogP contribution in [0.5, 0.6) is 0 Å². The minimum absolute atomic E-state index is 0.172. The van der Waals surface area contributed by atoms with Crippen LogP contribution in [0.25, 0.3) is 124 Å². The van der Waals surface area contributed by atoms with Gasteiger partial charge in [0.1, 0.15) is 38.9 Å². The maximum absolute atomic E-state index is 6.39. The van der Waals surface area contributed by atoms with E-state index in [1.807, 2.05) is 0 Å². The Morgan fingerprint density at radius 1 is 0.241 bits per heavy atom. The van der Waals surface area contributed by atoms with E-state index in [4.69, 9.17) is 19.9 Å². The van der Waals surface area contributed by atoms with Gasteiger partial charge in [-0.2, -0.15) is 0 Å². The zero-order chi connectivity index (χ0) is 78.9. The number of aromatic nitrogens is 6. The Labute approximate surface area is 650 Å². The first-order chi connectivity index (χ1) is 49.7. The molecule has 6 nitrogen and oxygen atoms in total. The fraction of sp³-hybridized carbons (Fsp3) is 0.380. The topological polar surface area (TPSA) is 83.1 Å². The predicted octanol–water partition coefficient (Wildman–Crippen LogP) is 27.4. The Morgan fingerprint density at radius 2 is 0.463 bits per heavy atom. The summed E-state index contributed by atoms with van der Waals surface area (Å²) in [4.78, 5) is 33.4. The van der Waals surface area contributed by atoms with Gasteiger partial charge in [0.2, 0.25) is 0 Å². The highest BCUT2D eigenvalue weighted by Gasteiger charge is 2.35. The van der Waals surface area contributed by atoms with Gasteiger partial charge in [0.05, 0.1) is 22.8 Å². The number of hydrogen-bond donors (Lipinski definition) is 2. The molecule has 10 aromatic rings. The van der Waals surface area contributed by atoms with Crippen molar-refractivity contribution in [2.75, 3.05) is 0 Å². The molecule has 0 saturated heterocycles. The molecule has 0 aliphatic carbocycles. The molecular formula is C100H118N6Si2. The van der Waals surface area contributed by atoms with E-state index in [1.54, 1.807) is 0 Å². The molecule has 556 valence electrons. The molecule has 2 N–H and O–H groups in total. The average molecular weight is 1460 g/mol. The first-order valence-corrected chi connectivity index (χ1v) is 46.1. The van der Waals surface area contributed by atoms with Gasteiger partial charge in [-0.1, -0.05) is 314 Å². The highest BCUT2D eigenvalue weighted by molar-refractivity contribution is 6.84. The maximum atomic E-state index is 6.39. The van der Waals surface area contributed by atoms with E-state index in [0.717, 1.165) is 123 Å². The fourth-order valence-corrected chi connectivity index (χ4v) is 15.0. The number of hydrogen-bond acceptors (Lipinski definition) is 4. The van der Waals surface area contributed by atoms with Crippen LogP contribution in [-0.2, 0) is 43.3 Å². The lowest BCUT2D eigenvalue weighted by Crippen LogP contribution is -2.16. The van der Waals surface area contributed by atoms with Gasteiger partial charge < -0.3 is 9.97 Å². The van der Waals surface area contributed by atoms with Gasteiger partial charge >= 0.3 is 0 Å². The van der Waals surface area contributed by atoms with Crippen molar-refractivity contribution in [3.63, 3.8) is 0 Å². The maximum Gasteiger partial charge on any atom is 0.129 e. The number of nitrogens with one attached hydrogen (secondary N) is 2. The molecule has 8 bridgehead atoms. The lowest BCUT2D eigenvalue weighted by Gasteiger charge is -2.26. The van der Waals surface area contributed by atoms with E-state index in [0.29, 0.717) is 11.4 Å². The molecule has 0 fully saturated rings. The van der Waals surface area contributed by atoms with Crippen molar-refractivity contribution in [2.24, 2.45) is 0 Å². The van der Waals surface area contributed by atoms with E-state index < -0.39 is 16.1 Å². The van der Waals surface area contributed by atoms with Crippen LogP contribution < -0.4 is 0 Å². The minimum Gasteiger partial charge on any atom is -0.354 e. The van der Waals surface area contributed by atoms with E-state index in [1.165, 1.54) is 44.5 Å². The standard InChI is InChI=1S/C100H118N6Si2/c1-93(2,3)69-49-65(50-70(57-69)94(4,5)6)83-77-39-40-78(101-77)84(66-51-71(95(7,8)9)58-72(52-66)96(10,11)12)80-42-44-82(103-80)86(68-55-75(99(19,20)21)60-76(56-68)100(22,23)24)90-92-91(89(106-90)85(81-43-41-79(83)102-81)67-53-73(97(13,14)15)59-74(54-67)98(16,17)18)104-87(63-35-31-61(32-36-63)45-47-107(25,26)27)88(105-92)64-37-33-62(34-38-64)46-48-108(28,29)30/h31-44,49-60,102-103H,1-30H3. The summed E-state index contributed by atoms with van der Waals surface area (Å²) in [5, 5.41) is 0. The summed E-state index contributed by atoms with van der Waals surface area (Å²) in [7, 11) is -3.41. The first-order valence-electron chi connectivity index (χ1n) is 39.1. The second-order valence-electron chi connectivity index (χ2n) is 41.1. The molecule has 2 aliphatic rings. The summed E-state index contributed by atoms with van der Waals surface area (Å²) in [5.41, 5.74) is 37.1. The number of fused-ring (bicyclic) bond motifs is 11. The Hall–Kier alpha value is -9.19. The summed E-state index contributed by atoms with van der Waals surface area (Å²) in [6.07, 6.45) is 4.52. The van der Waals surface area contributed by atoms with Gasteiger partial charge in [-0.15, -0.1) is 11.1 Å².